The van der Waals surface area contributed by atoms with Gasteiger partial charge in [0.1, 0.15) is 0 Å². The first-order valence-corrected chi connectivity index (χ1v) is 6.97. The summed E-state index contributed by atoms with van der Waals surface area (Å²) < 4.78 is 5.35. The highest BCUT2D eigenvalue weighted by Gasteiger charge is 2.21. The Labute approximate surface area is 128 Å². The van der Waals surface area contributed by atoms with Crippen molar-refractivity contribution in [2.75, 3.05) is 13.6 Å². The van der Waals surface area contributed by atoms with Crippen LogP contribution in [0.2, 0.25) is 0 Å². The number of benzene rings is 1. The molecule has 0 atom stereocenters. The summed E-state index contributed by atoms with van der Waals surface area (Å²) in [6.45, 7) is 2.33. The van der Waals surface area contributed by atoms with Crippen molar-refractivity contribution in [2.45, 2.75) is 19.8 Å². The molecule has 6 nitrogen and oxygen atoms in total. The highest BCUT2D eigenvalue weighted by atomic mass is 16.4. The van der Waals surface area contributed by atoms with Crippen LogP contribution in [0.3, 0.4) is 0 Å². The molecule has 0 unspecified atom stereocenters. The molecule has 0 spiro atoms. The first kappa shape index (κ1) is 15.8. The quantitative estimate of drug-likeness (QED) is 0.886. The Bertz CT molecular complexity index is 661. The summed E-state index contributed by atoms with van der Waals surface area (Å²) in [6, 6.07) is 7.61. The fourth-order valence-electron chi connectivity index (χ4n) is 2.06. The lowest BCUT2D eigenvalue weighted by atomic mass is 10.1. The van der Waals surface area contributed by atoms with E-state index in [1.165, 1.54) is 11.3 Å². The van der Waals surface area contributed by atoms with E-state index < -0.39 is 5.97 Å². The molecule has 1 amide bonds. The summed E-state index contributed by atoms with van der Waals surface area (Å²) in [4.78, 5) is 28.4. The zero-order valence-electron chi connectivity index (χ0n) is 12.6. The van der Waals surface area contributed by atoms with Crippen molar-refractivity contribution < 1.29 is 19.1 Å². The van der Waals surface area contributed by atoms with Crippen LogP contribution in [0.4, 0.5) is 0 Å². The Morgan fingerprint density at radius 1 is 1.27 bits per heavy atom. The zero-order chi connectivity index (χ0) is 16.1. The lowest BCUT2D eigenvalue weighted by Gasteiger charge is -2.15. The molecule has 116 valence electrons. The SMILES string of the molecule is Cc1ccc(-c2ocnc2C(=O)N(C)CCCC(=O)O)cc1. The lowest BCUT2D eigenvalue weighted by Crippen LogP contribution is -2.28. The van der Waals surface area contributed by atoms with Gasteiger partial charge in [-0.2, -0.15) is 0 Å². The standard InChI is InChI=1S/C16H18N2O4/c1-11-5-7-12(8-6-11)15-14(17-10-22-15)16(21)18(2)9-3-4-13(19)20/h5-8,10H,3-4,9H2,1-2H3,(H,19,20). The van der Waals surface area contributed by atoms with Gasteiger partial charge in [0.2, 0.25) is 0 Å². The van der Waals surface area contributed by atoms with Gasteiger partial charge in [0.15, 0.2) is 17.8 Å². The molecule has 0 bridgehead atoms. The minimum Gasteiger partial charge on any atom is -0.481 e. The van der Waals surface area contributed by atoms with Crippen LogP contribution in [0.25, 0.3) is 11.3 Å². The summed E-state index contributed by atoms with van der Waals surface area (Å²) >= 11 is 0. The van der Waals surface area contributed by atoms with E-state index in [2.05, 4.69) is 4.98 Å². The van der Waals surface area contributed by atoms with Gasteiger partial charge in [-0.1, -0.05) is 29.8 Å². The molecule has 0 aliphatic rings. The van der Waals surface area contributed by atoms with Crippen LogP contribution >= 0.6 is 0 Å². The summed E-state index contributed by atoms with van der Waals surface area (Å²) in [6.07, 6.45) is 1.67. The van der Waals surface area contributed by atoms with Crippen molar-refractivity contribution in [3.8, 4) is 11.3 Å². The Morgan fingerprint density at radius 2 is 1.95 bits per heavy atom. The molecule has 0 aliphatic heterocycles. The molecule has 1 heterocycles. The van der Waals surface area contributed by atoms with E-state index in [0.717, 1.165) is 11.1 Å². The second kappa shape index (κ2) is 6.89. The van der Waals surface area contributed by atoms with Gasteiger partial charge in [-0.05, 0) is 13.3 Å². The molecule has 2 aromatic rings. The second-order valence-corrected chi connectivity index (χ2v) is 5.12. The van der Waals surface area contributed by atoms with E-state index in [-0.39, 0.29) is 18.0 Å². The number of hydrogen-bond acceptors (Lipinski definition) is 4. The maximum absolute atomic E-state index is 12.4. The monoisotopic (exact) mass is 302 g/mol. The van der Waals surface area contributed by atoms with Gasteiger partial charge in [0.05, 0.1) is 0 Å². The predicted molar refractivity (Wildman–Crippen MR) is 80.5 cm³/mol. The van der Waals surface area contributed by atoms with E-state index in [0.29, 0.717) is 18.7 Å². The van der Waals surface area contributed by atoms with Crippen LogP contribution in [0, 0.1) is 6.92 Å². The molecule has 22 heavy (non-hydrogen) atoms. The van der Waals surface area contributed by atoms with E-state index >= 15 is 0 Å². The number of aliphatic carboxylic acids is 1. The Hall–Kier alpha value is -2.63. The van der Waals surface area contributed by atoms with Crippen LogP contribution in [0.15, 0.2) is 35.1 Å². The van der Waals surface area contributed by atoms with Gasteiger partial charge >= 0.3 is 5.97 Å². The van der Waals surface area contributed by atoms with Gasteiger partial charge in [-0.15, -0.1) is 0 Å². The van der Waals surface area contributed by atoms with Crippen LogP contribution in [-0.2, 0) is 4.79 Å². The summed E-state index contributed by atoms with van der Waals surface area (Å²) in [5.74, 6) is -0.729. The molecule has 1 aromatic heterocycles. The summed E-state index contributed by atoms with van der Waals surface area (Å²) in [7, 11) is 1.62. The zero-order valence-corrected chi connectivity index (χ0v) is 12.6. The number of hydrogen-bond donors (Lipinski definition) is 1. The van der Waals surface area contributed by atoms with Crippen molar-refractivity contribution in [3.63, 3.8) is 0 Å². The normalized spacial score (nSPS) is 10.5. The molecule has 0 saturated heterocycles. The fraction of sp³-hybridized carbons (Fsp3) is 0.312. The van der Waals surface area contributed by atoms with Gasteiger partial charge < -0.3 is 14.4 Å². The maximum atomic E-state index is 12.4. The van der Waals surface area contributed by atoms with Crippen molar-refractivity contribution >= 4 is 11.9 Å². The summed E-state index contributed by atoms with van der Waals surface area (Å²) in [5, 5.41) is 8.63. The topological polar surface area (TPSA) is 83.6 Å². The van der Waals surface area contributed by atoms with Gasteiger partial charge in [0.25, 0.3) is 5.91 Å². The average Bonchev–Trinajstić information content (AvgIpc) is 2.96. The molecule has 0 saturated carbocycles. The first-order valence-electron chi connectivity index (χ1n) is 6.97. The fourth-order valence-corrected chi connectivity index (χ4v) is 2.06. The van der Waals surface area contributed by atoms with Crippen LogP contribution < -0.4 is 0 Å². The first-order chi connectivity index (χ1) is 10.5. The highest BCUT2D eigenvalue weighted by molar-refractivity contribution is 5.97. The van der Waals surface area contributed by atoms with Crippen molar-refractivity contribution in [2.24, 2.45) is 0 Å². The molecule has 0 radical (unpaired) electrons. The number of carboxylic acid groups (broad SMARTS) is 1. The van der Waals surface area contributed by atoms with Gasteiger partial charge in [-0.3, -0.25) is 9.59 Å². The molecule has 6 heteroatoms. The van der Waals surface area contributed by atoms with Gasteiger partial charge in [0, 0.05) is 25.6 Å². The Morgan fingerprint density at radius 3 is 2.59 bits per heavy atom. The number of aryl methyl sites for hydroxylation is 1. The highest BCUT2D eigenvalue weighted by Crippen LogP contribution is 2.24. The van der Waals surface area contributed by atoms with Crippen LogP contribution in [0.1, 0.15) is 28.9 Å². The minimum absolute atomic E-state index is 0.0290. The van der Waals surface area contributed by atoms with E-state index in [1.54, 1.807) is 7.05 Å². The Kier molecular flexibility index (Phi) is 4.93. The maximum Gasteiger partial charge on any atom is 0.303 e. The molecule has 0 aliphatic carbocycles. The average molecular weight is 302 g/mol. The smallest absolute Gasteiger partial charge is 0.303 e. The van der Waals surface area contributed by atoms with E-state index in [4.69, 9.17) is 9.52 Å². The number of aromatic nitrogens is 1. The number of rotatable bonds is 6. The van der Waals surface area contributed by atoms with Crippen molar-refractivity contribution in [3.05, 3.63) is 41.9 Å². The van der Waals surface area contributed by atoms with Crippen LogP contribution in [-0.4, -0.2) is 40.5 Å². The van der Waals surface area contributed by atoms with Crippen LogP contribution in [0.5, 0.6) is 0 Å². The second-order valence-electron chi connectivity index (χ2n) is 5.12. The molecule has 0 fully saturated rings. The third-order valence-corrected chi connectivity index (χ3v) is 3.31. The van der Waals surface area contributed by atoms with Crippen molar-refractivity contribution in [1.82, 2.24) is 9.88 Å². The number of nitrogens with zero attached hydrogens (tertiary/aromatic N) is 2. The van der Waals surface area contributed by atoms with E-state index in [9.17, 15) is 9.59 Å². The molecular weight excluding hydrogens is 284 g/mol. The predicted octanol–water partition coefficient (Wildman–Crippen LogP) is 2.59. The Balaban J connectivity index is 2.12. The number of amides is 1. The van der Waals surface area contributed by atoms with Crippen molar-refractivity contribution in [1.29, 1.82) is 0 Å². The molecule has 1 aromatic carbocycles. The van der Waals surface area contributed by atoms with Gasteiger partial charge in [-0.25, -0.2) is 4.98 Å². The number of carboxylic acids is 1. The lowest BCUT2D eigenvalue weighted by molar-refractivity contribution is -0.137. The molecular formula is C16H18N2O4. The number of oxazole rings is 1. The largest absolute Gasteiger partial charge is 0.481 e. The van der Waals surface area contributed by atoms with E-state index in [1.807, 2.05) is 31.2 Å². The molecule has 1 N–H and O–H groups in total. The molecule has 2 rings (SSSR count). The number of carbonyl (C=O) groups excluding carboxylic acids is 1. The number of carbonyl (C=O) groups is 2. The third kappa shape index (κ3) is 3.72. The minimum atomic E-state index is -0.873. The third-order valence-electron chi connectivity index (χ3n) is 3.31. The summed E-state index contributed by atoms with van der Waals surface area (Å²) in [5.41, 5.74) is 2.13.